The molecule has 2 N–H and O–H groups in total. The van der Waals surface area contributed by atoms with Gasteiger partial charge in [-0.2, -0.15) is 0 Å². The number of nitrogens with one attached hydrogen (secondary N) is 2. The molecule has 0 bridgehead atoms. The molecule has 0 unspecified atom stereocenters. The van der Waals surface area contributed by atoms with Gasteiger partial charge in [0.1, 0.15) is 11.5 Å². The Balaban J connectivity index is 0.00000264. The first-order valence-electron chi connectivity index (χ1n) is 8.02. The molecule has 0 amide bonds. The molecule has 2 rings (SSSR count). The number of methoxy groups -OCH3 is 2. The van der Waals surface area contributed by atoms with Crippen LogP contribution in [0.25, 0.3) is 0 Å². The van der Waals surface area contributed by atoms with Crippen molar-refractivity contribution < 1.29 is 9.47 Å². The molecule has 1 aromatic carbocycles. The van der Waals surface area contributed by atoms with Gasteiger partial charge in [-0.25, -0.2) is 4.99 Å². The quantitative estimate of drug-likeness (QED) is 0.411. The summed E-state index contributed by atoms with van der Waals surface area (Å²) in [7, 11) is 3.32. The molecule has 0 radical (unpaired) electrons. The van der Waals surface area contributed by atoms with E-state index in [2.05, 4.69) is 22.5 Å². The molecule has 0 saturated heterocycles. The number of rotatable bonds is 6. The van der Waals surface area contributed by atoms with Gasteiger partial charge in [0.05, 0.1) is 20.8 Å². The molecular weight excluding hydrogens is 405 g/mol. The fourth-order valence-corrected chi connectivity index (χ4v) is 2.73. The Morgan fingerprint density at radius 3 is 2.57 bits per heavy atom. The highest BCUT2D eigenvalue weighted by Crippen LogP contribution is 2.25. The van der Waals surface area contributed by atoms with Crippen molar-refractivity contribution in [2.24, 2.45) is 4.99 Å². The Hall–Kier alpha value is -1.18. The van der Waals surface area contributed by atoms with Crippen molar-refractivity contribution in [2.45, 2.75) is 45.2 Å². The number of benzene rings is 1. The number of hydrogen-bond donors (Lipinski definition) is 2. The van der Waals surface area contributed by atoms with E-state index in [9.17, 15) is 0 Å². The predicted octanol–water partition coefficient (Wildman–Crippen LogP) is 3.32. The summed E-state index contributed by atoms with van der Waals surface area (Å²) in [6, 6.07) is 6.38. The maximum absolute atomic E-state index is 5.42. The Labute approximate surface area is 156 Å². The molecule has 1 fully saturated rings. The first kappa shape index (κ1) is 19.9. The average Bonchev–Trinajstić information content (AvgIpc) is 3.05. The first-order chi connectivity index (χ1) is 10.8. The van der Waals surface area contributed by atoms with Gasteiger partial charge in [-0.05, 0) is 31.9 Å². The monoisotopic (exact) mass is 433 g/mol. The number of guanidine groups is 1. The zero-order valence-corrected chi connectivity index (χ0v) is 16.6. The highest BCUT2D eigenvalue weighted by Gasteiger charge is 2.16. The third-order valence-corrected chi connectivity index (χ3v) is 3.94. The van der Waals surface area contributed by atoms with Gasteiger partial charge >= 0.3 is 0 Å². The third kappa shape index (κ3) is 6.08. The van der Waals surface area contributed by atoms with Crippen LogP contribution >= 0.6 is 24.0 Å². The molecule has 0 aliphatic heterocycles. The zero-order chi connectivity index (χ0) is 15.8. The minimum atomic E-state index is 0. The summed E-state index contributed by atoms with van der Waals surface area (Å²) in [6.07, 6.45) is 5.08. The van der Waals surface area contributed by atoms with Gasteiger partial charge in [0, 0.05) is 24.2 Å². The van der Waals surface area contributed by atoms with Crippen molar-refractivity contribution in [2.75, 3.05) is 20.8 Å². The highest BCUT2D eigenvalue weighted by atomic mass is 127. The summed E-state index contributed by atoms with van der Waals surface area (Å²) in [5, 5.41) is 6.83. The van der Waals surface area contributed by atoms with E-state index in [0.29, 0.717) is 12.6 Å². The SMILES string of the molecule is CCNC(=NCc1ccc(OC)cc1OC)NC1CCCC1.I. The predicted molar refractivity (Wildman–Crippen MR) is 105 cm³/mol. The Morgan fingerprint density at radius 1 is 1.22 bits per heavy atom. The van der Waals surface area contributed by atoms with Crippen molar-refractivity contribution >= 4 is 29.9 Å². The number of ether oxygens (including phenoxy) is 2. The molecular formula is C17H28IN3O2. The maximum atomic E-state index is 5.42. The van der Waals surface area contributed by atoms with Crippen LogP contribution < -0.4 is 20.1 Å². The van der Waals surface area contributed by atoms with Crippen molar-refractivity contribution in [1.29, 1.82) is 0 Å². The average molecular weight is 433 g/mol. The van der Waals surface area contributed by atoms with E-state index < -0.39 is 0 Å². The van der Waals surface area contributed by atoms with Crippen molar-refractivity contribution in [3.63, 3.8) is 0 Å². The van der Waals surface area contributed by atoms with Crippen molar-refractivity contribution in [1.82, 2.24) is 10.6 Å². The van der Waals surface area contributed by atoms with E-state index in [1.54, 1.807) is 14.2 Å². The molecule has 0 atom stereocenters. The van der Waals surface area contributed by atoms with Crippen LogP contribution in [0.3, 0.4) is 0 Å². The summed E-state index contributed by atoms with van der Waals surface area (Å²) < 4.78 is 10.6. The fourth-order valence-electron chi connectivity index (χ4n) is 2.73. The van der Waals surface area contributed by atoms with Gasteiger partial charge in [0.25, 0.3) is 0 Å². The number of hydrogen-bond acceptors (Lipinski definition) is 3. The minimum absolute atomic E-state index is 0. The smallest absolute Gasteiger partial charge is 0.191 e. The van der Waals surface area contributed by atoms with Crippen molar-refractivity contribution in [3.8, 4) is 11.5 Å². The van der Waals surface area contributed by atoms with Gasteiger partial charge in [0.15, 0.2) is 5.96 Å². The lowest BCUT2D eigenvalue weighted by Gasteiger charge is -2.17. The standard InChI is InChI=1S/C17H27N3O2.HI/c1-4-18-17(20-14-7-5-6-8-14)19-12-13-9-10-15(21-2)11-16(13)22-3;/h9-11,14H,4-8,12H2,1-3H3,(H2,18,19,20);1H. The van der Waals surface area contributed by atoms with Gasteiger partial charge in [-0.1, -0.05) is 12.8 Å². The number of nitrogens with zero attached hydrogens (tertiary/aromatic N) is 1. The molecule has 6 heteroatoms. The van der Waals surface area contributed by atoms with Gasteiger partial charge in [-0.3, -0.25) is 0 Å². The lowest BCUT2D eigenvalue weighted by Crippen LogP contribution is -2.42. The molecule has 23 heavy (non-hydrogen) atoms. The first-order valence-corrected chi connectivity index (χ1v) is 8.02. The molecule has 1 saturated carbocycles. The van der Waals surface area contributed by atoms with Crippen LogP contribution in [0.1, 0.15) is 38.2 Å². The summed E-state index contributed by atoms with van der Waals surface area (Å²) in [5.74, 6) is 2.48. The van der Waals surface area contributed by atoms with Crippen LogP contribution in [-0.4, -0.2) is 32.8 Å². The second kappa shape index (κ2) is 10.6. The zero-order valence-electron chi connectivity index (χ0n) is 14.2. The van der Waals surface area contributed by atoms with E-state index in [-0.39, 0.29) is 24.0 Å². The topological polar surface area (TPSA) is 54.9 Å². The van der Waals surface area contributed by atoms with Gasteiger partial charge in [-0.15, -0.1) is 24.0 Å². The van der Waals surface area contributed by atoms with E-state index in [1.807, 2.05) is 18.2 Å². The largest absolute Gasteiger partial charge is 0.497 e. The molecule has 0 heterocycles. The molecule has 1 aliphatic carbocycles. The Morgan fingerprint density at radius 2 is 1.96 bits per heavy atom. The fraction of sp³-hybridized carbons (Fsp3) is 0.588. The molecule has 1 aromatic rings. The lowest BCUT2D eigenvalue weighted by molar-refractivity contribution is 0.391. The summed E-state index contributed by atoms with van der Waals surface area (Å²) in [4.78, 5) is 4.68. The van der Waals surface area contributed by atoms with Crippen LogP contribution in [-0.2, 0) is 6.54 Å². The molecule has 5 nitrogen and oxygen atoms in total. The summed E-state index contributed by atoms with van der Waals surface area (Å²) in [6.45, 7) is 3.52. The van der Waals surface area contributed by atoms with Crippen LogP contribution in [0, 0.1) is 0 Å². The normalized spacial score (nSPS) is 15.0. The molecule has 130 valence electrons. The molecule has 0 aromatic heterocycles. The highest BCUT2D eigenvalue weighted by molar-refractivity contribution is 14.0. The van der Waals surface area contributed by atoms with Gasteiger partial charge < -0.3 is 20.1 Å². The van der Waals surface area contributed by atoms with Crippen molar-refractivity contribution in [3.05, 3.63) is 23.8 Å². The lowest BCUT2D eigenvalue weighted by atomic mass is 10.2. The van der Waals surface area contributed by atoms with E-state index in [1.165, 1.54) is 25.7 Å². The van der Waals surface area contributed by atoms with Crippen LogP contribution in [0.2, 0.25) is 0 Å². The number of aliphatic imine (C=N–C) groups is 1. The van der Waals surface area contributed by atoms with Gasteiger partial charge in [0.2, 0.25) is 0 Å². The van der Waals surface area contributed by atoms with E-state index in [4.69, 9.17) is 9.47 Å². The Kier molecular flexibility index (Phi) is 9.13. The molecule has 0 spiro atoms. The van der Waals surface area contributed by atoms with E-state index in [0.717, 1.165) is 29.6 Å². The second-order valence-corrected chi connectivity index (χ2v) is 5.50. The molecule has 1 aliphatic rings. The Bertz CT molecular complexity index is 503. The van der Waals surface area contributed by atoms with Crippen LogP contribution in [0.4, 0.5) is 0 Å². The maximum Gasteiger partial charge on any atom is 0.191 e. The minimum Gasteiger partial charge on any atom is -0.497 e. The summed E-state index contributed by atoms with van der Waals surface area (Å²) >= 11 is 0. The van der Waals surface area contributed by atoms with E-state index >= 15 is 0 Å². The number of halogens is 1. The third-order valence-electron chi connectivity index (χ3n) is 3.94. The van der Waals surface area contributed by atoms with Crippen LogP contribution in [0.5, 0.6) is 11.5 Å². The second-order valence-electron chi connectivity index (χ2n) is 5.50. The summed E-state index contributed by atoms with van der Waals surface area (Å²) in [5.41, 5.74) is 1.05. The van der Waals surface area contributed by atoms with Crippen LogP contribution in [0.15, 0.2) is 23.2 Å².